The number of carbonyl (C=O) groups is 2. The zero-order valence-electron chi connectivity index (χ0n) is 22.1. The summed E-state index contributed by atoms with van der Waals surface area (Å²) in [5.74, 6) is -0.395. The molecule has 0 bridgehead atoms. The third kappa shape index (κ3) is 5.13. The first-order valence-electron chi connectivity index (χ1n) is 14.1. The third-order valence-corrected chi connectivity index (χ3v) is 8.42. The van der Waals surface area contributed by atoms with Crippen LogP contribution in [0.3, 0.4) is 0 Å². The fourth-order valence-electron chi connectivity index (χ4n) is 6.24. The van der Waals surface area contributed by atoms with Crippen LogP contribution in [0.1, 0.15) is 49.1 Å². The molecule has 39 heavy (non-hydrogen) atoms. The molecule has 8 heteroatoms. The Bertz CT molecular complexity index is 1330. The number of benzene rings is 2. The molecule has 1 saturated heterocycles. The van der Waals surface area contributed by atoms with Gasteiger partial charge in [0.25, 0.3) is 5.91 Å². The molecule has 0 spiro atoms. The van der Waals surface area contributed by atoms with Crippen molar-refractivity contribution in [2.75, 3.05) is 36.0 Å². The lowest BCUT2D eigenvalue weighted by Crippen LogP contribution is -2.64. The van der Waals surface area contributed by atoms with E-state index in [0.717, 1.165) is 55.7 Å². The van der Waals surface area contributed by atoms with Crippen LogP contribution in [-0.2, 0) is 4.79 Å². The van der Waals surface area contributed by atoms with E-state index >= 15 is 0 Å². The van der Waals surface area contributed by atoms with E-state index in [0.29, 0.717) is 31.4 Å². The average Bonchev–Trinajstić information content (AvgIpc) is 3.65. The lowest BCUT2D eigenvalue weighted by molar-refractivity contribution is -0.130. The number of hydrogen-bond donors (Lipinski definition) is 3. The van der Waals surface area contributed by atoms with Crippen molar-refractivity contribution >= 4 is 34.2 Å². The Balaban J connectivity index is 1.14. The second-order valence-electron chi connectivity index (χ2n) is 11.0. The molecule has 3 N–H and O–H groups in total. The van der Waals surface area contributed by atoms with E-state index in [9.17, 15) is 14.7 Å². The summed E-state index contributed by atoms with van der Waals surface area (Å²) in [5, 5.41) is 18.2. The van der Waals surface area contributed by atoms with Crippen LogP contribution in [0.5, 0.6) is 0 Å². The number of para-hydroxylation sites is 3. The van der Waals surface area contributed by atoms with Crippen molar-refractivity contribution in [3.05, 3.63) is 72.5 Å². The zero-order valence-corrected chi connectivity index (χ0v) is 22.1. The molecule has 2 amide bonds. The van der Waals surface area contributed by atoms with E-state index in [4.69, 9.17) is 4.42 Å². The van der Waals surface area contributed by atoms with Gasteiger partial charge in [-0.2, -0.15) is 0 Å². The summed E-state index contributed by atoms with van der Waals surface area (Å²) >= 11 is 0. The molecule has 3 heterocycles. The molecule has 2 aliphatic heterocycles. The number of rotatable bonds is 6. The van der Waals surface area contributed by atoms with Crippen LogP contribution in [-0.4, -0.2) is 60.8 Å². The van der Waals surface area contributed by atoms with Crippen LogP contribution >= 0.6 is 0 Å². The van der Waals surface area contributed by atoms with Crippen molar-refractivity contribution in [3.63, 3.8) is 0 Å². The van der Waals surface area contributed by atoms with Gasteiger partial charge in [-0.05, 0) is 43.5 Å². The molecule has 6 rings (SSSR count). The van der Waals surface area contributed by atoms with Gasteiger partial charge in [-0.15, -0.1) is 0 Å². The second-order valence-corrected chi connectivity index (χ2v) is 11.0. The van der Waals surface area contributed by atoms with Crippen LogP contribution in [0.2, 0.25) is 0 Å². The Morgan fingerprint density at radius 1 is 0.923 bits per heavy atom. The minimum Gasteiger partial charge on any atom is -0.451 e. The molecule has 3 aliphatic rings. The highest BCUT2D eigenvalue weighted by atomic mass is 16.3. The number of amides is 2. The zero-order chi connectivity index (χ0) is 26.8. The van der Waals surface area contributed by atoms with E-state index in [2.05, 4.69) is 44.7 Å². The Morgan fingerprint density at radius 2 is 1.62 bits per heavy atom. The van der Waals surface area contributed by atoms with Crippen molar-refractivity contribution in [2.24, 2.45) is 0 Å². The van der Waals surface area contributed by atoms with E-state index in [1.165, 1.54) is 0 Å². The van der Waals surface area contributed by atoms with Gasteiger partial charge >= 0.3 is 0 Å². The molecule has 2 atom stereocenters. The highest BCUT2D eigenvalue weighted by molar-refractivity contribution is 6.00. The lowest BCUT2D eigenvalue weighted by atomic mass is 9.80. The SMILES string of the molecule is O=C(NC1(C(=O)NC2CCN(c3ccccc3N3CC=CC3)CC2O)CCCCC1)c1cc2ccccc2o1. The molecular weight excluding hydrogens is 492 g/mol. The number of nitrogens with one attached hydrogen (secondary N) is 2. The minimum absolute atomic E-state index is 0.203. The summed E-state index contributed by atoms with van der Waals surface area (Å²) in [4.78, 5) is 31.5. The van der Waals surface area contributed by atoms with Crippen LogP contribution in [0.4, 0.5) is 11.4 Å². The van der Waals surface area contributed by atoms with Gasteiger partial charge in [0.05, 0.1) is 23.5 Å². The predicted molar refractivity (Wildman–Crippen MR) is 152 cm³/mol. The molecule has 2 fully saturated rings. The number of anilines is 2. The van der Waals surface area contributed by atoms with Crippen molar-refractivity contribution in [1.82, 2.24) is 10.6 Å². The van der Waals surface area contributed by atoms with Crippen molar-refractivity contribution < 1.29 is 19.1 Å². The Labute approximate surface area is 228 Å². The summed E-state index contributed by atoms with van der Waals surface area (Å²) in [6.07, 6.45) is 8.11. The van der Waals surface area contributed by atoms with Gasteiger partial charge in [0.1, 0.15) is 11.1 Å². The number of aliphatic hydroxyl groups is 1. The van der Waals surface area contributed by atoms with Gasteiger partial charge in [0.15, 0.2) is 5.76 Å². The van der Waals surface area contributed by atoms with E-state index in [1.54, 1.807) is 6.07 Å². The van der Waals surface area contributed by atoms with Gasteiger partial charge in [-0.3, -0.25) is 9.59 Å². The number of carbonyl (C=O) groups excluding carboxylic acids is 2. The second kappa shape index (κ2) is 10.8. The summed E-state index contributed by atoms with van der Waals surface area (Å²) < 4.78 is 5.77. The fourth-order valence-corrected chi connectivity index (χ4v) is 6.24. The standard InChI is InChI=1S/C31H36N4O4/c36-26-21-35(25-12-4-3-11-24(25)34-17-8-9-18-34)19-14-23(26)32-30(38)31(15-6-1-7-16-31)33-29(37)28-20-22-10-2-5-13-27(22)39-28/h2-5,8-13,20,23,26,36H,1,6-7,14-19,21H2,(H,32,38)(H,33,37). The average molecular weight is 529 g/mol. The number of furan rings is 1. The molecule has 204 valence electrons. The molecule has 2 unspecified atom stereocenters. The topological polar surface area (TPSA) is 98.1 Å². The molecule has 2 aromatic carbocycles. The van der Waals surface area contributed by atoms with E-state index < -0.39 is 11.6 Å². The maximum Gasteiger partial charge on any atom is 0.287 e. The van der Waals surface area contributed by atoms with Gasteiger partial charge in [-0.25, -0.2) is 0 Å². The largest absolute Gasteiger partial charge is 0.451 e. The number of nitrogens with zero attached hydrogens (tertiary/aromatic N) is 2. The summed E-state index contributed by atoms with van der Waals surface area (Å²) in [6, 6.07) is 17.1. The van der Waals surface area contributed by atoms with Gasteiger partial charge < -0.3 is 30.0 Å². The maximum atomic E-state index is 13.8. The first kappa shape index (κ1) is 25.5. The molecule has 1 aliphatic carbocycles. The highest BCUT2D eigenvalue weighted by Gasteiger charge is 2.43. The van der Waals surface area contributed by atoms with Crippen LogP contribution in [0, 0.1) is 0 Å². The van der Waals surface area contributed by atoms with Gasteiger partial charge in [0.2, 0.25) is 5.91 Å². The normalized spacial score (nSPS) is 22.7. The van der Waals surface area contributed by atoms with Crippen LogP contribution in [0.25, 0.3) is 11.0 Å². The van der Waals surface area contributed by atoms with Crippen molar-refractivity contribution in [1.29, 1.82) is 0 Å². The smallest absolute Gasteiger partial charge is 0.287 e. The number of fused-ring (bicyclic) bond motifs is 1. The Hall–Kier alpha value is -3.78. The third-order valence-electron chi connectivity index (χ3n) is 8.42. The maximum absolute atomic E-state index is 13.8. The molecule has 1 aromatic heterocycles. The lowest BCUT2D eigenvalue weighted by Gasteiger charge is -2.42. The summed E-state index contributed by atoms with van der Waals surface area (Å²) in [5.41, 5.74) is 1.89. The number of hydrogen-bond acceptors (Lipinski definition) is 6. The van der Waals surface area contributed by atoms with Crippen LogP contribution < -0.4 is 20.4 Å². The monoisotopic (exact) mass is 528 g/mol. The number of β-amino-alcohol motifs (C(OH)–C–C–N with tert-alkyl or cyclic N) is 1. The van der Waals surface area contributed by atoms with Crippen LogP contribution in [0.15, 0.2) is 71.2 Å². The van der Waals surface area contributed by atoms with Crippen molar-refractivity contribution in [2.45, 2.75) is 56.2 Å². The fraction of sp³-hybridized carbons (Fsp3) is 0.419. The Morgan fingerprint density at radius 3 is 2.33 bits per heavy atom. The van der Waals surface area contributed by atoms with Crippen molar-refractivity contribution in [3.8, 4) is 0 Å². The number of aliphatic hydroxyl groups excluding tert-OH is 1. The van der Waals surface area contributed by atoms with Gasteiger partial charge in [0, 0.05) is 31.6 Å². The Kier molecular flexibility index (Phi) is 7.04. The summed E-state index contributed by atoms with van der Waals surface area (Å²) in [7, 11) is 0. The molecule has 1 saturated carbocycles. The highest BCUT2D eigenvalue weighted by Crippen LogP contribution is 2.33. The number of piperidine rings is 1. The predicted octanol–water partition coefficient (Wildman–Crippen LogP) is 4.00. The van der Waals surface area contributed by atoms with E-state index in [1.807, 2.05) is 36.4 Å². The quantitative estimate of drug-likeness (QED) is 0.419. The van der Waals surface area contributed by atoms with E-state index in [-0.39, 0.29) is 23.6 Å². The molecular formula is C31H36N4O4. The minimum atomic E-state index is -1.01. The molecule has 0 radical (unpaired) electrons. The first-order chi connectivity index (χ1) is 19.0. The summed E-state index contributed by atoms with van der Waals surface area (Å²) in [6.45, 7) is 2.92. The molecule has 3 aromatic rings. The first-order valence-corrected chi connectivity index (χ1v) is 14.1. The molecule has 8 nitrogen and oxygen atoms in total. The van der Waals surface area contributed by atoms with Gasteiger partial charge in [-0.1, -0.05) is 61.7 Å².